The molecule has 112 valence electrons. The van der Waals surface area contributed by atoms with Crippen molar-refractivity contribution >= 4 is 5.97 Å². The monoisotopic (exact) mass is 276 g/mol. The van der Waals surface area contributed by atoms with Crippen LogP contribution in [0.15, 0.2) is 22.3 Å². The lowest BCUT2D eigenvalue weighted by molar-refractivity contribution is -0.150. The molecule has 0 aromatic heterocycles. The standard InChI is InChI=1S/C18H28O2/c1-12-5-7-16(9-14(12)3)11-20-18(19)17-8-6-13(2)15(4)10-17/h16-17H,5-11H2,1-4H3. The average Bonchev–Trinajstić information content (AvgIpc) is 2.43. The lowest BCUT2D eigenvalue weighted by Gasteiger charge is -2.26. The summed E-state index contributed by atoms with van der Waals surface area (Å²) in [5, 5.41) is 0. The van der Waals surface area contributed by atoms with Crippen LogP contribution in [-0.4, -0.2) is 12.6 Å². The van der Waals surface area contributed by atoms with E-state index in [1.807, 2.05) is 0 Å². The van der Waals surface area contributed by atoms with E-state index in [0.717, 1.165) is 25.7 Å². The van der Waals surface area contributed by atoms with Crippen LogP contribution in [0.3, 0.4) is 0 Å². The smallest absolute Gasteiger partial charge is 0.309 e. The van der Waals surface area contributed by atoms with Crippen LogP contribution < -0.4 is 0 Å². The van der Waals surface area contributed by atoms with Crippen LogP contribution in [0.2, 0.25) is 0 Å². The molecule has 2 atom stereocenters. The van der Waals surface area contributed by atoms with Crippen molar-refractivity contribution in [3.05, 3.63) is 22.3 Å². The van der Waals surface area contributed by atoms with Gasteiger partial charge in [-0.25, -0.2) is 0 Å². The summed E-state index contributed by atoms with van der Waals surface area (Å²) in [5.41, 5.74) is 5.85. The Morgan fingerprint density at radius 3 is 2.15 bits per heavy atom. The molecule has 20 heavy (non-hydrogen) atoms. The van der Waals surface area contributed by atoms with Crippen LogP contribution in [0.4, 0.5) is 0 Å². The van der Waals surface area contributed by atoms with Gasteiger partial charge in [0.15, 0.2) is 0 Å². The molecule has 0 aromatic rings. The highest BCUT2D eigenvalue weighted by Gasteiger charge is 2.26. The van der Waals surface area contributed by atoms with Gasteiger partial charge in [-0.3, -0.25) is 4.79 Å². The number of carbonyl (C=O) groups excluding carboxylic acids is 1. The van der Waals surface area contributed by atoms with Crippen LogP contribution in [0.25, 0.3) is 0 Å². The molecule has 0 spiro atoms. The van der Waals surface area contributed by atoms with Crippen LogP contribution in [-0.2, 0) is 9.53 Å². The predicted octanol–water partition coefficient (Wildman–Crippen LogP) is 4.80. The molecule has 2 nitrogen and oxygen atoms in total. The summed E-state index contributed by atoms with van der Waals surface area (Å²) in [5.74, 6) is 0.658. The fourth-order valence-electron chi connectivity index (χ4n) is 3.25. The maximum Gasteiger partial charge on any atom is 0.309 e. The summed E-state index contributed by atoms with van der Waals surface area (Å²) >= 11 is 0. The maximum absolute atomic E-state index is 12.2. The molecule has 2 aliphatic carbocycles. The van der Waals surface area contributed by atoms with E-state index in [1.165, 1.54) is 35.1 Å². The van der Waals surface area contributed by atoms with E-state index >= 15 is 0 Å². The van der Waals surface area contributed by atoms with E-state index in [4.69, 9.17) is 4.74 Å². The number of allylic oxidation sites excluding steroid dienone is 4. The Bertz CT molecular complexity index is 442. The van der Waals surface area contributed by atoms with Crippen molar-refractivity contribution in [2.45, 2.75) is 66.2 Å². The number of hydrogen-bond acceptors (Lipinski definition) is 2. The third-order valence-corrected chi connectivity index (χ3v) is 5.19. The van der Waals surface area contributed by atoms with Gasteiger partial charge >= 0.3 is 5.97 Å². The number of carbonyl (C=O) groups is 1. The van der Waals surface area contributed by atoms with Crippen molar-refractivity contribution in [1.82, 2.24) is 0 Å². The molecule has 0 amide bonds. The first kappa shape index (κ1) is 15.3. The molecular formula is C18H28O2. The van der Waals surface area contributed by atoms with Gasteiger partial charge in [0.1, 0.15) is 0 Å². The SMILES string of the molecule is CC1=C(C)CC(COC(=O)C2CCC(C)=C(C)C2)CC1. The zero-order chi connectivity index (χ0) is 14.7. The zero-order valence-corrected chi connectivity index (χ0v) is 13.4. The van der Waals surface area contributed by atoms with Gasteiger partial charge < -0.3 is 4.74 Å². The molecule has 0 bridgehead atoms. The fourth-order valence-corrected chi connectivity index (χ4v) is 3.25. The maximum atomic E-state index is 12.2. The summed E-state index contributed by atoms with van der Waals surface area (Å²) in [6, 6.07) is 0. The minimum Gasteiger partial charge on any atom is -0.465 e. The van der Waals surface area contributed by atoms with Crippen LogP contribution >= 0.6 is 0 Å². The Labute approximate surface area is 123 Å². The second-order valence-electron chi connectivity index (χ2n) is 6.80. The van der Waals surface area contributed by atoms with E-state index in [9.17, 15) is 4.79 Å². The Morgan fingerprint density at radius 2 is 1.55 bits per heavy atom. The molecule has 0 aromatic carbocycles. The first-order chi connectivity index (χ1) is 9.47. The van der Waals surface area contributed by atoms with E-state index in [2.05, 4.69) is 27.7 Å². The van der Waals surface area contributed by atoms with Crippen LogP contribution in [0.1, 0.15) is 66.2 Å². The average molecular weight is 276 g/mol. The first-order valence-electron chi connectivity index (χ1n) is 7.94. The van der Waals surface area contributed by atoms with Gasteiger partial charge in [-0.2, -0.15) is 0 Å². The van der Waals surface area contributed by atoms with Crippen molar-refractivity contribution in [2.24, 2.45) is 11.8 Å². The Morgan fingerprint density at radius 1 is 0.950 bits per heavy atom. The topological polar surface area (TPSA) is 26.3 Å². The molecule has 2 unspecified atom stereocenters. The van der Waals surface area contributed by atoms with Gasteiger partial charge in [0.2, 0.25) is 0 Å². The van der Waals surface area contributed by atoms with Gasteiger partial charge in [0.25, 0.3) is 0 Å². The lowest BCUT2D eigenvalue weighted by Crippen LogP contribution is -2.24. The number of rotatable bonds is 3. The van der Waals surface area contributed by atoms with Crippen LogP contribution in [0, 0.1) is 11.8 Å². The fraction of sp³-hybridized carbons (Fsp3) is 0.722. The van der Waals surface area contributed by atoms with Crippen molar-refractivity contribution in [1.29, 1.82) is 0 Å². The first-order valence-corrected chi connectivity index (χ1v) is 7.94. The van der Waals surface area contributed by atoms with Crippen molar-refractivity contribution in [3.8, 4) is 0 Å². The molecule has 2 aliphatic rings. The summed E-state index contributed by atoms with van der Waals surface area (Å²) < 4.78 is 5.60. The minimum atomic E-state index is 0.0285. The summed E-state index contributed by atoms with van der Waals surface area (Å²) in [6.45, 7) is 9.36. The quantitative estimate of drug-likeness (QED) is 0.546. The number of esters is 1. The highest BCUT2D eigenvalue weighted by atomic mass is 16.5. The normalized spacial score (nSPS) is 27.8. The highest BCUT2D eigenvalue weighted by molar-refractivity contribution is 5.73. The van der Waals surface area contributed by atoms with E-state index in [-0.39, 0.29) is 11.9 Å². The molecule has 2 rings (SSSR count). The second-order valence-corrected chi connectivity index (χ2v) is 6.80. The zero-order valence-electron chi connectivity index (χ0n) is 13.4. The number of ether oxygens (including phenoxy) is 1. The molecule has 0 N–H and O–H groups in total. The lowest BCUT2D eigenvalue weighted by atomic mass is 9.84. The highest BCUT2D eigenvalue weighted by Crippen LogP contribution is 2.31. The van der Waals surface area contributed by atoms with Crippen molar-refractivity contribution in [3.63, 3.8) is 0 Å². The number of hydrogen-bond donors (Lipinski definition) is 0. The Hall–Kier alpha value is -1.05. The molecular weight excluding hydrogens is 248 g/mol. The van der Waals surface area contributed by atoms with Crippen molar-refractivity contribution < 1.29 is 9.53 Å². The molecule has 0 saturated carbocycles. The van der Waals surface area contributed by atoms with E-state index in [1.54, 1.807) is 0 Å². The molecule has 0 saturated heterocycles. The minimum absolute atomic E-state index is 0.0285. The third kappa shape index (κ3) is 3.74. The third-order valence-electron chi connectivity index (χ3n) is 5.19. The summed E-state index contributed by atoms with van der Waals surface area (Å²) in [7, 11) is 0. The molecule has 0 radical (unpaired) electrons. The van der Waals surface area contributed by atoms with Crippen molar-refractivity contribution in [2.75, 3.05) is 6.61 Å². The largest absolute Gasteiger partial charge is 0.465 e. The molecule has 0 heterocycles. The molecule has 0 fully saturated rings. The van der Waals surface area contributed by atoms with Crippen LogP contribution in [0.5, 0.6) is 0 Å². The molecule has 0 aliphatic heterocycles. The predicted molar refractivity (Wildman–Crippen MR) is 82.4 cm³/mol. The van der Waals surface area contributed by atoms with Gasteiger partial charge in [0, 0.05) is 0 Å². The Kier molecular flexibility index (Phi) is 5.06. The second kappa shape index (κ2) is 6.60. The van der Waals surface area contributed by atoms with Gasteiger partial charge in [0.05, 0.1) is 12.5 Å². The summed E-state index contributed by atoms with van der Waals surface area (Å²) in [6.07, 6.45) is 6.34. The van der Waals surface area contributed by atoms with E-state index < -0.39 is 0 Å². The van der Waals surface area contributed by atoms with E-state index in [0.29, 0.717) is 12.5 Å². The summed E-state index contributed by atoms with van der Waals surface area (Å²) in [4.78, 5) is 12.2. The van der Waals surface area contributed by atoms with Gasteiger partial charge in [-0.1, -0.05) is 22.3 Å². The Balaban J connectivity index is 1.79. The van der Waals surface area contributed by atoms with Gasteiger partial charge in [-0.05, 0) is 72.1 Å². The van der Waals surface area contributed by atoms with Gasteiger partial charge in [-0.15, -0.1) is 0 Å². The molecule has 2 heteroatoms.